The number of pyridine rings is 1. The van der Waals surface area contributed by atoms with Crippen LogP contribution in [0.4, 0.5) is 4.79 Å². The molecule has 0 unspecified atom stereocenters. The summed E-state index contributed by atoms with van der Waals surface area (Å²) in [6.07, 6.45) is 6.21. The van der Waals surface area contributed by atoms with Gasteiger partial charge in [0.25, 0.3) is 0 Å². The zero-order valence-electron chi connectivity index (χ0n) is 15.5. The van der Waals surface area contributed by atoms with E-state index in [0.29, 0.717) is 13.1 Å². The van der Waals surface area contributed by atoms with E-state index in [1.54, 1.807) is 24.2 Å². The van der Waals surface area contributed by atoms with Crippen molar-refractivity contribution in [3.63, 3.8) is 0 Å². The molecule has 7 heteroatoms. The number of aryl methyl sites for hydroxylation is 1. The van der Waals surface area contributed by atoms with Crippen molar-refractivity contribution in [2.75, 3.05) is 13.7 Å². The zero-order chi connectivity index (χ0) is 19.1. The Balaban J connectivity index is 1.40. The Morgan fingerprint density at radius 3 is 2.48 bits per heavy atom. The first kappa shape index (κ1) is 18.4. The Kier molecular flexibility index (Phi) is 6.04. The number of amides is 2. The number of hydrogen-bond donors (Lipinski definition) is 2. The van der Waals surface area contributed by atoms with Gasteiger partial charge in [-0.3, -0.25) is 9.67 Å². The number of ether oxygens (including phenoxy) is 1. The average Bonchev–Trinajstić information content (AvgIpc) is 3.14. The molecule has 0 spiro atoms. The van der Waals surface area contributed by atoms with Crippen LogP contribution in [0, 0.1) is 0 Å². The van der Waals surface area contributed by atoms with Gasteiger partial charge >= 0.3 is 6.03 Å². The van der Waals surface area contributed by atoms with E-state index in [0.717, 1.165) is 34.6 Å². The van der Waals surface area contributed by atoms with Gasteiger partial charge in [-0.05, 0) is 35.7 Å². The summed E-state index contributed by atoms with van der Waals surface area (Å²) >= 11 is 0. The molecule has 0 bridgehead atoms. The number of benzene rings is 1. The van der Waals surface area contributed by atoms with Gasteiger partial charge < -0.3 is 15.4 Å². The molecular weight excluding hydrogens is 342 g/mol. The Morgan fingerprint density at radius 1 is 1.07 bits per heavy atom. The van der Waals surface area contributed by atoms with E-state index in [1.165, 1.54) is 0 Å². The Labute approximate surface area is 158 Å². The van der Waals surface area contributed by atoms with Crippen molar-refractivity contribution < 1.29 is 9.53 Å². The van der Waals surface area contributed by atoms with Crippen molar-refractivity contribution in [2.45, 2.75) is 13.0 Å². The van der Waals surface area contributed by atoms with E-state index in [9.17, 15) is 4.79 Å². The SMILES string of the molecule is COc1ccc(CCNC(=O)NCc2ccc(-c3cnn(C)c3)nc2)cc1. The van der Waals surface area contributed by atoms with Gasteiger partial charge in [0.05, 0.1) is 19.0 Å². The fraction of sp³-hybridized carbons (Fsp3) is 0.250. The van der Waals surface area contributed by atoms with Crippen molar-refractivity contribution >= 4 is 6.03 Å². The maximum absolute atomic E-state index is 11.9. The number of carbonyl (C=O) groups is 1. The third-order valence-electron chi connectivity index (χ3n) is 4.14. The normalized spacial score (nSPS) is 10.4. The van der Waals surface area contributed by atoms with Gasteiger partial charge in [-0.15, -0.1) is 0 Å². The number of nitrogens with zero attached hydrogens (tertiary/aromatic N) is 3. The number of urea groups is 1. The molecular formula is C20H23N5O2. The highest BCUT2D eigenvalue weighted by molar-refractivity contribution is 5.73. The predicted octanol–water partition coefficient (Wildman–Crippen LogP) is 2.53. The number of rotatable bonds is 7. The molecule has 0 fully saturated rings. The molecule has 2 aromatic heterocycles. The third kappa shape index (κ3) is 5.31. The monoisotopic (exact) mass is 365 g/mol. The summed E-state index contributed by atoms with van der Waals surface area (Å²) in [6.45, 7) is 0.991. The van der Waals surface area contributed by atoms with Crippen LogP contribution in [0.1, 0.15) is 11.1 Å². The lowest BCUT2D eigenvalue weighted by atomic mass is 10.1. The molecule has 0 saturated carbocycles. The summed E-state index contributed by atoms with van der Waals surface area (Å²) in [6, 6.07) is 11.5. The first-order valence-electron chi connectivity index (χ1n) is 8.72. The summed E-state index contributed by atoms with van der Waals surface area (Å²) in [5.41, 5.74) is 3.91. The molecule has 7 nitrogen and oxygen atoms in total. The molecule has 2 amide bonds. The molecule has 27 heavy (non-hydrogen) atoms. The fourth-order valence-corrected chi connectivity index (χ4v) is 2.61. The van der Waals surface area contributed by atoms with Crippen molar-refractivity contribution in [2.24, 2.45) is 7.05 Å². The van der Waals surface area contributed by atoms with Crippen LogP contribution in [-0.4, -0.2) is 34.5 Å². The molecule has 3 aromatic rings. The molecule has 0 aliphatic rings. The molecule has 2 N–H and O–H groups in total. The lowest BCUT2D eigenvalue weighted by molar-refractivity contribution is 0.240. The summed E-state index contributed by atoms with van der Waals surface area (Å²) in [4.78, 5) is 16.3. The highest BCUT2D eigenvalue weighted by Crippen LogP contribution is 2.15. The van der Waals surface area contributed by atoms with Gasteiger partial charge in [-0.25, -0.2) is 4.79 Å². The van der Waals surface area contributed by atoms with Gasteiger partial charge in [-0.2, -0.15) is 5.10 Å². The van der Waals surface area contributed by atoms with E-state index in [1.807, 2.05) is 49.6 Å². The molecule has 0 aliphatic heterocycles. The van der Waals surface area contributed by atoms with Gasteiger partial charge in [0.15, 0.2) is 0 Å². The molecule has 3 rings (SSSR count). The molecule has 0 atom stereocenters. The van der Waals surface area contributed by atoms with Crippen LogP contribution in [0.3, 0.4) is 0 Å². The van der Waals surface area contributed by atoms with Crippen LogP contribution in [0.5, 0.6) is 5.75 Å². The van der Waals surface area contributed by atoms with Crippen molar-refractivity contribution in [3.8, 4) is 17.0 Å². The van der Waals surface area contributed by atoms with E-state index in [4.69, 9.17) is 4.74 Å². The number of carbonyl (C=O) groups excluding carboxylic acids is 1. The van der Waals surface area contributed by atoms with Gasteiger partial charge in [-0.1, -0.05) is 18.2 Å². The Morgan fingerprint density at radius 2 is 1.85 bits per heavy atom. The van der Waals surface area contributed by atoms with Crippen LogP contribution in [0.25, 0.3) is 11.3 Å². The molecule has 0 radical (unpaired) electrons. The number of aromatic nitrogens is 3. The van der Waals surface area contributed by atoms with Crippen LogP contribution < -0.4 is 15.4 Å². The van der Waals surface area contributed by atoms with Crippen molar-refractivity contribution in [1.29, 1.82) is 0 Å². The molecule has 1 aromatic carbocycles. The number of hydrogen-bond acceptors (Lipinski definition) is 4. The lowest BCUT2D eigenvalue weighted by Gasteiger charge is -2.08. The van der Waals surface area contributed by atoms with Crippen LogP contribution in [0.15, 0.2) is 55.0 Å². The maximum Gasteiger partial charge on any atom is 0.315 e. The standard InChI is InChI=1S/C20H23N5O2/c1-25-14-17(13-24-25)19-8-5-16(11-22-19)12-23-20(26)21-10-9-15-3-6-18(27-2)7-4-15/h3-8,11,13-14H,9-10,12H2,1-2H3,(H2,21,23,26). The minimum atomic E-state index is -0.195. The van der Waals surface area contributed by atoms with Gasteiger partial charge in [0, 0.05) is 38.1 Å². The summed E-state index contributed by atoms with van der Waals surface area (Å²) in [5, 5.41) is 9.84. The van der Waals surface area contributed by atoms with Gasteiger partial charge in [0.2, 0.25) is 0 Å². The highest BCUT2D eigenvalue weighted by Gasteiger charge is 2.04. The maximum atomic E-state index is 11.9. The first-order chi connectivity index (χ1) is 13.1. The third-order valence-corrected chi connectivity index (χ3v) is 4.14. The predicted molar refractivity (Wildman–Crippen MR) is 103 cm³/mol. The Bertz CT molecular complexity index is 872. The smallest absolute Gasteiger partial charge is 0.315 e. The second-order valence-electron chi connectivity index (χ2n) is 6.16. The first-order valence-corrected chi connectivity index (χ1v) is 8.72. The fourth-order valence-electron chi connectivity index (χ4n) is 2.61. The van der Waals surface area contributed by atoms with E-state index < -0.39 is 0 Å². The lowest BCUT2D eigenvalue weighted by Crippen LogP contribution is -2.36. The molecule has 2 heterocycles. The second-order valence-corrected chi connectivity index (χ2v) is 6.16. The van der Waals surface area contributed by atoms with Crippen LogP contribution in [-0.2, 0) is 20.0 Å². The van der Waals surface area contributed by atoms with Crippen molar-refractivity contribution in [3.05, 3.63) is 66.1 Å². The quantitative estimate of drug-likeness (QED) is 0.674. The Hall–Kier alpha value is -3.35. The minimum Gasteiger partial charge on any atom is -0.497 e. The highest BCUT2D eigenvalue weighted by atomic mass is 16.5. The zero-order valence-corrected chi connectivity index (χ0v) is 15.5. The largest absolute Gasteiger partial charge is 0.497 e. The summed E-state index contributed by atoms with van der Waals surface area (Å²) < 4.78 is 6.87. The molecule has 0 aliphatic carbocycles. The van der Waals surface area contributed by atoms with Gasteiger partial charge in [0.1, 0.15) is 5.75 Å². The molecule has 140 valence electrons. The van der Waals surface area contributed by atoms with E-state index >= 15 is 0 Å². The van der Waals surface area contributed by atoms with Crippen LogP contribution >= 0.6 is 0 Å². The number of methoxy groups -OCH3 is 1. The topological polar surface area (TPSA) is 81.1 Å². The van der Waals surface area contributed by atoms with Crippen LogP contribution in [0.2, 0.25) is 0 Å². The second kappa shape index (κ2) is 8.84. The average molecular weight is 365 g/mol. The van der Waals surface area contributed by atoms with Crippen molar-refractivity contribution in [1.82, 2.24) is 25.4 Å². The summed E-state index contributed by atoms with van der Waals surface area (Å²) in [7, 11) is 3.51. The number of nitrogens with one attached hydrogen (secondary N) is 2. The summed E-state index contributed by atoms with van der Waals surface area (Å²) in [5.74, 6) is 0.826. The van der Waals surface area contributed by atoms with E-state index in [2.05, 4.69) is 20.7 Å². The minimum absolute atomic E-state index is 0.195. The molecule has 0 saturated heterocycles. The van der Waals surface area contributed by atoms with E-state index in [-0.39, 0.29) is 6.03 Å².